The second kappa shape index (κ2) is 2.69. The maximum Gasteiger partial charge on any atom is 0.551 e. The maximum atomic E-state index is 9.39. The van der Waals surface area contributed by atoms with E-state index >= 15 is 0 Å². The summed E-state index contributed by atoms with van der Waals surface area (Å²) in [6.45, 7) is 1.39. The van der Waals surface area contributed by atoms with Crippen molar-refractivity contribution in [2.75, 3.05) is 0 Å². The topological polar surface area (TPSA) is 46.2 Å². The van der Waals surface area contributed by atoms with Crippen LogP contribution in [0.3, 0.4) is 0 Å². The highest BCUT2D eigenvalue weighted by Crippen LogP contribution is 1.94. The summed E-state index contributed by atoms with van der Waals surface area (Å²) in [4.78, 5) is 9.39. The van der Waals surface area contributed by atoms with Crippen LogP contribution in [0, 0.1) is 0 Å². The van der Waals surface area contributed by atoms with Gasteiger partial charge in [0, 0.05) is 0 Å². The van der Waals surface area contributed by atoms with E-state index in [2.05, 4.69) is 4.74 Å². The highest BCUT2D eigenvalue weighted by molar-refractivity contribution is 6.19. The van der Waals surface area contributed by atoms with Gasteiger partial charge in [0.15, 0.2) is 5.56 Å². The number of halogens is 1. The molecule has 0 aromatic rings. The molecular formula is C3H4ClO3. The van der Waals surface area contributed by atoms with Crippen LogP contribution >= 0.6 is 11.6 Å². The first-order valence-electron chi connectivity index (χ1n) is 1.64. The smallest absolute Gasteiger partial charge is 0.412 e. The Balaban J connectivity index is 3.13. The minimum absolute atomic E-state index is 0.815. The van der Waals surface area contributed by atoms with Gasteiger partial charge < -0.3 is 4.74 Å². The standard InChI is InChI=1S/C3H4ClO3/c1-2(4)7-3(5)6/h2H,1H3. The molecule has 1 unspecified atom stereocenters. The number of carbonyl (C=O) groups excluding carboxylic acids is 1. The lowest BCUT2D eigenvalue weighted by atomic mass is 10.9. The molecule has 7 heavy (non-hydrogen) atoms. The van der Waals surface area contributed by atoms with Gasteiger partial charge in [0.05, 0.1) is 0 Å². The molecule has 1 atom stereocenters. The molecule has 0 saturated carbocycles. The molecule has 0 heterocycles. The Kier molecular flexibility index (Phi) is 2.52. The third kappa shape index (κ3) is 5.56. The summed E-state index contributed by atoms with van der Waals surface area (Å²) in [5, 5.41) is 9.39. The fourth-order valence-corrected chi connectivity index (χ4v) is 0.205. The van der Waals surface area contributed by atoms with E-state index in [-0.39, 0.29) is 0 Å². The van der Waals surface area contributed by atoms with Crippen molar-refractivity contribution < 1.29 is 14.6 Å². The molecule has 41 valence electrons. The first kappa shape index (κ1) is 6.56. The zero-order valence-corrected chi connectivity index (χ0v) is 4.44. The van der Waals surface area contributed by atoms with Crippen LogP contribution in [-0.2, 0) is 9.84 Å². The van der Waals surface area contributed by atoms with E-state index in [1.807, 2.05) is 0 Å². The Morgan fingerprint density at radius 1 is 1.86 bits per heavy atom. The molecule has 0 N–H and O–H groups in total. The predicted octanol–water partition coefficient (Wildman–Crippen LogP) is 1.14. The third-order valence-electron chi connectivity index (χ3n) is 0.259. The lowest BCUT2D eigenvalue weighted by molar-refractivity contribution is 0.0617. The summed E-state index contributed by atoms with van der Waals surface area (Å²) in [5.41, 5.74) is -0.815. The van der Waals surface area contributed by atoms with Gasteiger partial charge in [-0.1, -0.05) is 11.6 Å². The van der Waals surface area contributed by atoms with Gasteiger partial charge >= 0.3 is 6.16 Å². The molecule has 3 nitrogen and oxygen atoms in total. The van der Waals surface area contributed by atoms with E-state index in [9.17, 15) is 9.90 Å². The molecule has 0 aromatic carbocycles. The zero-order valence-electron chi connectivity index (χ0n) is 3.68. The number of rotatable bonds is 1. The molecule has 0 fully saturated rings. The van der Waals surface area contributed by atoms with Crippen LogP contribution < -0.4 is 0 Å². The summed E-state index contributed by atoms with van der Waals surface area (Å²) >= 11 is 5.03. The molecule has 0 spiro atoms. The van der Waals surface area contributed by atoms with Gasteiger partial charge in [-0.25, -0.2) is 0 Å². The van der Waals surface area contributed by atoms with Gasteiger partial charge in [-0.05, 0) is 6.92 Å². The monoisotopic (exact) mass is 123 g/mol. The highest BCUT2D eigenvalue weighted by atomic mass is 35.5. The van der Waals surface area contributed by atoms with E-state index in [0.717, 1.165) is 0 Å². The Morgan fingerprint density at radius 3 is 2.29 bits per heavy atom. The average Bonchev–Trinajstić information content (AvgIpc) is 1.27. The Labute approximate surface area is 45.8 Å². The largest absolute Gasteiger partial charge is 0.551 e. The van der Waals surface area contributed by atoms with Gasteiger partial charge in [0.2, 0.25) is 0 Å². The van der Waals surface area contributed by atoms with E-state index in [1.54, 1.807) is 0 Å². The molecule has 4 heteroatoms. The maximum absolute atomic E-state index is 9.39. The zero-order chi connectivity index (χ0) is 5.86. The number of carbonyl (C=O) groups is 1. The fourth-order valence-electron chi connectivity index (χ4n) is 0.133. The van der Waals surface area contributed by atoms with Crippen molar-refractivity contribution in [3.8, 4) is 0 Å². The molecule has 0 aliphatic heterocycles. The van der Waals surface area contributed by atoms with Crippen molar-refractivity contribution in [3.05, 3.63) is 0 Å². The van der Waals surface area contributed by atoms with Crippen LogP contribution in [0.5, 0.6) is 0 Å². The van der Waals surface area contributed by atoms with Crippen molar-refractivity contribution in [1.29, 1.82) is 0 Å². The number of hydrogen-bond acceptors (Lipinski definition) is 2. The van der Waals surface area contributed by atoms with Crippen molar-refractivity contribution in [2.45, 2.75) is 12.5 Å². The number of hydrogen-bond donors (Lipinski definition) is 0. The van der Waals surface area contributed by atoms with Crippen molar-refractivity contribution in [3.63, 3.8) is 0 Å². The Bertz CT molecular complexity index is 70.6. The molecule has 1 radical (unpaired) electrons. The van der Waals surface area contributed by atoms with Crippen LogP contribution in [0.15, 0.2) is 0 Å². The molecule has 0 bridgehead atoms. The molecule has 0 aliphatic carbocycles. The van der Waals surface area contributed by atoms with Crippen LogP contribution in [0.4, 0.5) is 4.79 Å². The minimum Gasteiger partial charge on any atom is -0.412 e. The summed E-state index contributed by atoms with van der Waals surface area (Å²) in [7, 11) is 0. The van der Waals surface area contributed by atoms with Crippen LogP contribution in [0.25, 0.3) is 0 Å². The third-order valence-corrected chi connectivity index (χ3v) is 0.348. The molecule has 0 saturated heterocycles. The lowest BCUT2D eigenvalue weighted by Gasteiger charge is -1.95. The molecule has 0 aromatic heterocycles. The fraction of sp³-hybridized carbons (Fsp3) is 0.667. The van der Waals surface area contributed by atoms with Gasteiger partial charge in [0.1, 0.15) is 0 Å². The summed E-state index contributed by atoms with van der Waals surface area (Å²) < 4.78 is 3.82. The average molecular weight is 124 g/mol. The van der Waals surface area contributed by atoms with Crippen molar-refractivity contribution in [1.82, 2.24) is 0 Å². The second-order valence-corrected chi connectivity index (χ2v) is 1.53. The summed E-state index contributed by atoms with van der Waals surface area (Å²) in [6, 6.07) is 0. The van der Waals surface area contributed by atoms with Gasteiger partial charge in [-0.3, -0.25) is 0 Å². The Morgan fingerprint density at radius 2 is 2.29 bits per heavy atom. The predicted molar refractivity (Wildman–Crippen MR) is 22.5 cm³/mol. The van der Waals surface area contributed by atoms with E-state index < -0.39 is 11.7 Å². The quantitative estimate of drug-likeness (QED) is 0.388. The van der Waals surface area contributed by atoms with E-state index in [0.29, 0.717) is 0 Å². The highest BCUT2D eigenvalue weighted by Gasteiger charge is 2.02. The first-order valence-corrected chi connectivity index (χ1v) is 2.08. The summed E-state index contributed by atoms with van der Waals surface area (Å²) in [5.74, 6) is 0. The van der Waals surface area contributed by atoms with E-state index in [4.69, 9.17) is 11.6 Å². The van der Waals surface area contributed by atoms with Crippen molar-refractivity contribution >= 4 is 17.8 Å². The van der Waals surface area contributed by atoms with Gasteiger partial charge in [-0.2, -0.15) is 9.90 Å². The number of ether oxygens (including phenoxy) is 1. The van der Waals surface area contributed by atoms with Gasteiger partial charge in [-0.15, -0.1) is 0 Å². The molecule has 0 aliphatic rings. The van der Waals surface area contributed by atoms with Crippen LogP contribution in [0.2, 0.25) is 0 Å². The molecule has 0 rings (SSSR count). The normalized spacial score (nSPS) is 12.9. The van der Waals surface area contributed by atoms with Crippen LogP contribution in [0.1, 0.15) is 6.92 Å². The molecule has 0 amide bonds. The van der Waals surface area contributed by atoms with Crippen LogP contribution in [-0.4, -0.2) is 11.7 Å². The first-order chi connectivity index (χ1) is 3.13. The lowest BCUT2D eigenvalue weighted by Crippen LogP contribution is -2.03. The minimum atomic E-state index is -1.59. The van der Waals surface area contributed by atoms with E-state index in [1.165, 1.54) is 6.92 Å². The second-order valence-electron chi connectivity index (χ2n) is 0.911. The summed E-state index contributed by atoms with van der Waals surface area (Å²) in [6.07, 6.45) is -1.59. The SMILES string of the molecule is CC(Cl)OC([O])=O. The van der Waals surface area contributed by atoms with Crippen molar-refractivity contribution in [2.24, 2.45) is 0 Å². The van der Waals surface area contributed by atoms with Gasteiger partial charge in [0.25, 0.3) is 0 Å². The molecular weight excluding hydrogens is 119 g/mol. The number of alkyl halides is 1. The Hall–Kier alpha value is -0.440.